The lowest BCUT2D eigenvalue weighted by Gasteiger charge is -2.07. The van der Waals surface area contributed by atoms with Gasteiger partial charge in [-0.2, -0.15) is 0 Å². The summed E-state index contributed by atoms with van der Waals surface area (Å²) in [4.78, 5) is 33.7. The molecule has 0 atom stereocenters. The molecule has 0 N–H and O–H groups in total. The normalized spacial score (nSPS) is 16.2. The maximum absolute atomic E-state index is 12.1. The summed E-state index contributed by atoms with van der Waals surface area (Å²) < 4.78 is 0. The smallest absolute Gasteiger partial charge is 0.272 e. The first-order valence-electron chi connectivity index (χ1n) is 7.64. The van der Waals surface area contributed by atoms with Gasteiger partial charge in [-0.05, 0) is 64.9 Å². The second-order valence-corrected chi connectivity index (χ2v) is 6.60. The summed E-state index contributed by atoms with van der Waals surface area (Å²) in [6.07, 6.45) is 7.03. The van der Waals surface area contributed by atoms with E-state index in [1.807, 2.05) is 36.4 Å². The fourth-order valence-electron chi connectivity index (χ4n) is 2.73. The predicted molar refractivity (Wildman–Crippen MR) is 98.7 cm³/mol. The standard InChI is InChI=1S/C19H13N3O2S/c1-22-18(23)17(25-19(22)24)11-12-2-3-16-15(10-12)14(6-9-21-16)13-4-7-20-8-5-13/h2-11H,1H3/b17-11-. The van der Waals surface area contributed by atoms with Crippen molar-refractivity contribution in [2.45, 2.75) is 0 Å². The Morgan fingerprint density at radius 2 is 1.84 bits per heavy atom. The molecule has 0 radical (unpaired) electrons. The van der Waals surface area contributed by atoms with E-state index < -0.39 is 0 Å². The first-order chi connectivity index (χ1) is 12.1. The third-order valence-electron chi connectivity index (χ3n) is 4.04. The van der Waals surface area contributed by atoms with E-state index in [2.05, 4.69) is 9.97 Å². The van der Waals surface area contributed by atoms with E-state index in [1.54, 1.807) is 24.7 Å². The quantitative estimate of drug-likeness (QED) is 0.657. The Labute approximate surface area is 148 Å². The fourth-order valence-corrected chi connectivity index (χ4v) is 3.56. The van der Waals surface area contributed by atoms with Gasteiger partial charge >= 0.3 is 0 Å². The second kappa shape index (κ2) is 6.14. The van der Waals surface area contributed by atoms with Crippen LogP contribution < -0.4 is 0 Å². The van der Waals surface area contributed by atoms with Crippen LogP contribution in [0, 0.1) is 0 Å². The average Bonchev–Trinajstić information content (AvgIpc) is 2.89. The third kappa shape index (κ3) is 2.81. The molecule has 1 fully saturated rings. The highest BCUT2D eigenvalue weighted by Gasteiger charge is 2.31. The highest BCUT2D eigenvalue weighted by Crippen LogP contribution is 2.33. The Hall–Kier alpha value is -2.99. The number of pyridine rings is 2. The summed E-state index contributed by atoms with van der Waals surface area (Å²) in [6, 6.07) is 11.7. The Bertz CT molecular complexity index is 1030. The highest BCUT2D eigenvalue weighted by molar-refractivity contribution is 8.18. The Balaban J connectivity index is 1.83. The number of aromatic nitrogens is 2. The van der Waals surface area contributed by atoms with Gasteiger partial charge in [0.25, 0.3) is 11.1 Å². The molecule has 0 aliphatic carbocycles. The summed E-state index contributed by atoms with van der Waals surface area (Å²) in [5.41, 5.74) is 3.82. The van der Waals surface area contributed by atoms with Gasteiger partial charge in [0.05, 0.1) is 10.4 Å². The van der Waals surface area contributed by atoms with Crippen molar-refractivity contribution in [3.63, 3.8) is 0 Å². The van der Waals surface area contributed by atoms with E-state index in [0.29, 0.717) is 4.91 Å². The van der Waals surface area contributed by atoms with E-state index in [9.17, 15) is 9.59 Å². The molecule has 2 aromatic heterocycles. The van der Waals surface area contributed by atoms with Crippen LogP contribution in [0.5, 0.6) is 0 Å². The Kier molecular flexibility index (Phi) is 3.82. The van der Waals surface area contributed by atoms with Crippen molar-refractivity contribution < 1.29 is 9.59 Å². The van der Waals surface area contributed by atoms with Gasteiger partial charge in [0.2, 0.25) is 0 Å². The fraction of sp³-hybridized carbons (Fsp3) is 0.0526. The van der Waals surface area contributed by atoms with E-state index in [4.69, 9.17) is 0 Å². The number of carbonyl (C=O) groups is 2. The van der Waals surface area contributed by atoms with E-state index in [0.717, 1.165) is 44.3 Å². The van der Waals surface area contributed by atoms with Crippen LogP contribution in [0.15, 0.2) is 59.9 Å². The molecule has 3 aromatic rings. The zero-order valence-corrected chi connectivity index (χ0v) is 14.2. The van der Waals surface area contributed by atoms with Crippen molar-refractivity contribution in [1.82, 2.24) is 14.9 Å². The molecule has 0 unspecified atom stereocenters. The number of imide groups is 1. The molecule has 0 bridgehead atoms. The lowest BCUT2D eigenvalue weighted by atomic mass is 10.0. The minimum atomic E-state index is -0.268. The molecule has 0 saturated carbocycles. The zero-order valence-electron chi connectivity index (χ0n) is 13.3. The number of amides is 2. The molecule has 4 rings (SSSR count). The van der Waals surface area contributed by atoms with Gasteiger partial charge < -0.3 is 0 Å². The summed E-state index contributed by atoms with van der Waals surface area (Å²) >= 11 is 0.957. The van der Waals surface area contributed by atoms with Crippen LogP contribution in [-0.2, 0) is 4.79 Å². The van der Waals surface area contributed by atoms with Gasteiger partial charge in [-0.15, -0.1) is 0 Å². The molecule has 1 aromatic carbocycles. The van der Waals surface area contributed by atoms with Crippen LogP contribution in [0.2, 0.25) is 0 Å². The maximum Gasteiger partial charge on any atom is 0.293 e. The van der Waals surface area contributed by atoms with Crippen LogP contribution >= 0.6 is 11.8 Å². The Morgan fingerprint density at radius 1 is 1.04 bits per heavy atom. The number of hydrogen-bond acceptors (Lipinski definition) is 5. The van der Waals surface area contributed by atoms with Crippen LogP contribution in [0.4, 0.5) is 4.79 Å². The van der Waals surface area contributed by atoms with Gasteiger partial charge in [-0.1, -0.05) is 6.07 Å². The van der Waals surface area contributed by atoms with Gasteiger partial charge in [-0.25, -0.2) is 0 Å². The number of nitrogens with zero attached hydrogens (tertiary/aromatic N) is 3. The number of rotatable bonds is 2. The van der Waals surface area contributed by atoms with Gasteiger partial charge in [-0.3, -0.25) is 24.5 Å². The molecule has 1 saturated heterocycles. The van der Waals surface area contributed by atoms with Crippen molar-refractivity contribution in [2.75, 3.05) is 7.05 Å². The summed E-state index contributed by atoms with van der Waals surface area (Å²) in [5.74, 6) is -0.268. The van der Waals surface area contributed by atoms with E-state index in [-0.39, 0.29) is 11.1 Å². The topological polar surface area (TPSA) is 63.2 Å². The lowest BCUT2D eigenvalue weighted by molar-refractivity contribution is -0.121. The third-order valence-corrected chi connectivity index (χ3v) is 5.00. The number of likely N-dealkylation sites (N-methyl/N-ethyl adjacent to an activating group) is 1. The first kappa shape index (κ1) is 15.5. The number of benzene rings is 1. The number of carbonyl (C=O) groups excluding carboxylic acids is 2. The molecule has 1 aliphatic rings. The maximum atomic E-state index is 12.1. The van der Waals surface area contributed by atoms with Crippen molar-refractivity contribution in [2.24, 2.45) is 0 Å². The number of hydrogen-bond donors (Lipinski definition) is 0. The molecular formula is C19H13N3O2S. The molecule has 6 heteroatoms. The van der Waals surface area contributed by atoms with Gasteiger partial charge in [0, 0.05) is 31.0 Å². The zero-order chi connectivity index (χ0) is 17.4. The SMILES string of the molecule is CN1C(=O)S/C(=C\c2ccc3nccc(-c4ccncc4)c3c2)C1=O. The summed E-state index contributed by atoms with van der Waals surface area (Å²) in [7, 11) is 1.49. The van der Waals surface area contributed by atoms with Crippen LogP contribution in [0.25, 0.3) is 28.1 Å². The van der Waals surface area contributed by atoms with Gasteiger partial charge in [0.1, 0.15) is 0 Å². The molecular weight excluding hydrogens is 334 g/mol. The molecule has 122 valence electrons. The highest BCUT2D eigenvalue weighted by atomic mass is 32.2. The molecule has 5 nitrogen and oxygen atoms in total. The summed E-state index contributed by atoms with van der Waals surface area (Å²) in [6.45, 7) is 0. The van der Waals surface area contributed by atoms with Crippen LogP contribution in [0.1, 0.15) is 5.56 Å². The number of thioether (sulfide) groups is 1. The first-order valence-corrected chi connectivity index (χ1v) is 8.46. The molecule has 2 amide bonds. The largest absolute Gasteiger partial charge is 0.293 e. The molecule has 25 heavy (non-hydrogen) atoms. The predicted octanol–water partition coefficient (Wildman–Crippen LogP) is 3.96. The monoisotopic (exact) mass is 347 g/mol. The molecule has 1 aliphatic heterocycles. The molecule has 3 heterocycles. The van der Waals surface area contributed by atoms with E-state index in [1.165, 1.54) is 7.05 Å². The number of fused-ring (bicyclic) bond motifs is 1. The van der Waals surface area contributed by atoms with Crippen molar-refractivity contribution in [3.05, 3.63) is 65.5 Å². The van der Waals surface area contributed by atoms with E-state index >= 15 is 0 Å². The second-order valence-electron chi connectivity index (χ2n) is 5.61. The summed E-state index contributed by atoms with van der Waals surface area (Å²) in [5, 5.41) is 0.731. The van der Waals surface area contributed by atoms with Crippen LogP contribution in [-0.4, -0.2) is 33.1 Å². The average molecular weight is 347 g/mol. The lowest BCUT2D eigenvalue weighted by Crippen LogP contribution is -2.22. The van der Waals surface area contributed by atoms with Crippen LogP contribution in [0.3, 0.4) is 0 Å². The molecule has 0 spiro atoms. The van der Waals surface area contributed by atoms with Crippen molar-refractivity contribution in [3.8, 4) is 11.1 Å². The van der Waals surface area contributed by atoms with Crippen molar-refractivity contribution in [1.29, 1.82) is 0 Å². The minimum Gasteiger partial charge on any atom is -0.272 e. The van der Waals surface area contributed by atoms with Gasteiger partial charge in [0.15, 0.2) is 0 Å². The Morgan fingerprint density at radius 3 is 2.56 bits per heavy atom. The minimum absolute atomic E-state index is 0.254. The van der Waals surface area contributed by atoms with Crippen molar-refractivity contribution >= 4 is 39.9 Å².